The van der Waals surface area contributed by atoms with Crippen LogP contribution in [0.3, 0.4) is 0 Å². The number of ether oxygens (including phenoxy) is 1. The van der Waals surface area contributed by atoms with Crippen LogP contribution in [0, 0.1) is 11.8 Å². The van der Waals surface area contributed by atoms with Gasteiger partial charge in [-0.3, -0.25) is 0 Å². The predicted octanol–water partition coefficient (Wildman–Crippen LogP) is 5.01. The van der Waals surface area contributed by atoms with Crippen LogP contribution in [0.2, 0.25) is 0 Å². The molecule has 0 aromatic rings. The zero-order valence-corrected chi connectivity index (χ0v) is 18.0. The van der Waals surface area contributed by atoms with Gasteiger partial charge in [-0.05, 0) is 50.4 Å². The Kier molecular flexibility index (Phi) is 12.5. The van der Waals surface area contributed by atoms with Crippen molar-refractivity contribution in [1.82, 2.24) is 0 Å². The summed E-state index contributed by atoms with van der Waals surface area (Å²) in [6, 6.07) is 0. The predicted molar refractivity (Wildman–Crippen MR) is 116 cm³/mol. The fraction of sp³-hybridized carbons (Fsp3) is 0.762. The van der Waals surface area contributed by atoms with Gasteiger partial charge < -0.3 is 9.84 Å². The molecule has 0 bridgehead atoms. The van der Waals surface area contributed by atoms with Crippen LogP contribution in [-0.2, 0) is 9.53 Å². The summed E-state index contributed by atoms with van der Waals surface area (Å²) in [4.78, 5) is 11.2. The van der Waals surface area contributed by atoms with Gasteiger partial charge in [-0.1, -0.05) is 50.5 Å². The molecule has 0 saturated heterocycles. The Labute approximate surface area is 170 Å². The minimum Gasteiger partial charge on any atom is -0.467 e. The first-order valence-corrected chi connectivity index (χ1v) is 11.0. The van der Waals surface area contributed by atoms with Crippen molar-refractivity contribution in [1.29, 1.82) is 0 Å². The molecule has 26 heavy (non-hydrogen) atoms. The molecule has 0 amide bonds. The monoisotopic (exact) mass is 400 g/mol. The first-order valence-electron chi connectivity index (χ1n) is 9.94. The average Bonchev–Trinajstić information content (AvgIpc) is 2.89. The molecule has 0 aromatic carbocycles. The zero-order chi connectivity index (χ0) is 19.4. The molecule has 1 rings (SSSR count). The molecule has 5 heteroatoms. The summed E-state index contributed by atoms with van der Waals surface area (Å²) in [6.45, 7) is 2.24. The molecule has 150 valence electrons. The second kappa shape index (κ2) is 13.7. The lowest BCUT2D eigenvalue weighted by Crippen LogP contribution is -2.21. The number of carbonyl (C=O) groups is 1. The van der Waals surface area contributed by atoms with E-state index < -0.39 is 12.1 Å². The third-order valence-electron chi connectivity index (χ3n) is 5.15. The van der Waals surface area contributed by atoms with Crippen molar-refractivity contribution >= 4 is 31.2 Å². The van der Waals surface area contributed by atoms with Gasteiger partial charge >= 0.3 is 5.97 Å². The number of carbonyl (C=O) groups excluding carboxylic acids is 1. The summed E-state index contributed by atoms with van der Waals surface area (Å²) in [5, 5.41) is 10.3. The van der Waals surface area contributed by atoms with Crippen LogP contribution in [0.15, 0.2) is 24.3 Å². The lowest BCUT2D eigenvalue weighted by atomic mass is 9.91. The van der Waals surface area contributed by atoms with E-state index in [1.807, 2.05) is 6.08 Å². The maximum Gasteiger partial charge on any atom is 0.334 e. The van der Waals surface area contributed by atoms with Gasteiger partial charge in [0.2, 0.25) is 0 Å². The number of methoxy groups -OCH3 is 1. The maximum absolute atomic E-state index is 11.2. The molecule has 1 fully saturated rings. The van der Waals surface area contributed by atoms with Crippen LogP contribution < -0.4 is 0 Å². The van der Waals surface area contributed by atoms with Gasteiger partial charge in [0.15, 0.2) is 6.10 Å². The Morgan fingerprint density at radius 1 is 1.15 bits per heavy atom. The van der Waals surface area contributed by atoms with Crippen LogP contribution in [0.25, 0.3) is 0 Å². The van der Waals surface area contributed by atoms with Crippen molar-refractivity contribution in [2.75, 3.05) is 7.11 Å². The molecule has 5 atom stereocenters. The number of rotatable bonds is 12. The SMILES string of the molecule is CCCCCC/C=C/[C@@H]1[C@@H](C/C=C\CCC(O)C(=O)OC)[C@H](S)C[C@@H]1S. The van der Waals surface area contributed by atoms with Crippen LogP contribution in [0.4, 0.5) is 0 Å². The molecule has 0 heterocycles. The highest BCUT2D eigenvalue weighted by atomic mass is 32.1. The summed E-state index contributed by atoms with van der Waals surface area (Å²) in [7, 11) is 1.29. The van der Waals surface area contributed by atoms with Crippen LogP contribution in [-0.4, -0.2) is 34.8 Å². The summed E-state index contributed by atoms with van der Waals surface area (Å²) >= 11 is 9.56. The summed E-state index contributed by atoms with van der Waals surface area (Å²) in [5.74, 6) is 0.401. The van der Waals surface area contributed by atoms with Crippen molar-refractivity contribution in [2.45, 2.75) is 81.3 Å². The number of aliphatic hydroxyl groups is 1. The molecular weight excluding hydrogens is 364 g/mol. The number of thiol groups is 2. The number of aliphatic hydroxyl groups excluding tert-OH is 1. The largest absolute Gasteiger partial charge is 0.467 e. The van der Waals surface area contributed by atoms with E-state index in [2.05, 4.69) is 29.9 Å². The Balaban J connectivity index is 2.40. The third kappa shape index (κ3) is 8.53. The second-order valence-electron chi connectivity index (χ2n) is 7.21. The quantitative estimate of drug-likeness (QED) is 0.187. The van der Waals surface area contributed by atoms with Gasteiger partial charge in [-0.15, -0.1) is 0 Å². The fourth-order valence-electron chi connectivity index (χ4n) is 3.53. The minimum absolute atomic E-state index is 0.373. The van der Waals surface area contributed by atoms with Crippen molar-refractivity contribution in [3.05, 3.63) is 24.3 Å². The molecular formula is C21H36O3S2. The molecule has 1 unspecified atom stereocenters. The van der Waals surface area contributed by atoms with E-state index in [4.69, 9.17) is 25.3 Å². The van der Waals surface area contributed by atoms with E-state index in [9.17, 15) is 9.90 Å². The van der Waals surface area contributed by atoms with Crippen molar-refractivity contribution in [3.8, 4) is 0 Å². The van der Waals surface area contributed by atoms with Crippen molar-refractivity contribution < 1.29 is 14.6 Å². The summed E-state index contributed by atoms with van der Waals surface area (Å²) < 4.78 is 4.52. The number of esters is 1. The van der Waals surface area contributed by atoms with Gasteiger partial charge in [0.05, 0.1) is 7.11 Å². The number of unbranched alkanes of at least 4 members (excludes halogenated alkanes) is 4. The first kappa shape index (κ1) is 23.6. The van der Waals surface area contributed by atoms with Gasteiger partial charge in [-0.2, -0.15) is 25.3 Å². The molecule has 0 aliphatic heterocycles. The van der Waals surface area contributed by atoms with E-state index in [0.717, 1.165) is 19.3 Å². The first-order chi connectivity index (χ1) is 12.5. The van der Waals surface area contributed by atoms with E-state index >= 15 is 0 Å². The van der Waals surface area contributed by atoms with Crippen LogP contribution in [0.1, 0.15) is 64.7 Å². The standard InChI is InChI=1S/C21H36O3S2/c1-3-4-5-6-7-9-12-16-17(20(26)15-19(16)25)13-10-8-11-14-18(22)21(23)24-2/h8-10,12,16-20,22,25-26H,3-7,11,13-15H2,1-2H3/b10-8-,12-9+/t16-,17-,18?,19+,20-/m1/s1. The van der Waals surface area contributed by atoms with Crippen LogP contribution >= 0.6 is 25.3 Å². The molecule has 3 nitrogen and oxygen atoms in total. The molecule has 0 spiro atoms. The molecule has 1 aliphatic carbocycles. The Morgan fingerprint density at radius 2 is 1.92 bits per heavy atom. The Hall–Kier alpha value is -0.390. The molecule has 1 N–H and O–H groups in total. The molecule has 0 aromatic heterocycles. The van der Waals surface area contributed by atoms with E-state index in [-0.39, 0.29) is 0 Å². The molecule has 1 aliphatic rings. The average molecular weight is 401 g/mol. The van der Waals surface area contributed by atoms with E-state index in [1.54, 1.807) is 0 Å². The van der Waals surface area contributed by atoms with Gasteiger partial charge in [0, 0.05) is 10.5 Å². The van der Waals surface area contributed by atoms with Gasteiger partial charge in [-0.25, -0.2) is 4.79 Å². The second-order valence-corrected chi connectivity index (χ2v) is 8.54. The summed E-state index contributed by atoms with van der Waals surface area (Å²) in [5.41, 5.74) is 0. The fourth-order valence-corrected chi connectivity index (χ4v) is 4.79. The number of hydrogen-bond donors (Lipinski definition) is 3. The highest BCUT2D eigenvalue weighted by molar-refractivity contribution is 7.82. The van der Waals surface area contributed by atoms with E-state index in [0.29, 0.717) is 35.2 Å². The van der Waals surface area contributed by atoms with Crippen LogP contribution in [0.5, 0.6) is 0 Å². The highest BCUT2D eigenvalue weighted by Gasteiger charge is 2.37. The topological polar surface area (TPSA) is 46.5 Å². The lowest BCUT2D eigenvalue weighted by Gasteiger charge is -2.20. The third-order valence-corrected chi connectivity index (χ3v) is 6.30. The molecule has 0 radical (unpaired) electrons. The Morgan fingerprint density at radius 3 is 2.62 bits per heavy atom. The maximum atomic E-state index is 11.2. The van der Waals surface area contributed by atoms with Crippen molar-refractivity contribution in [3.63, 3.8) is 0 Å². The Bertz CT molecular complexity index is 451. The van der Waals surface area contributed by atoms with Crippen molar-refractivity contribution in [2.24, 2.45) is 11.8 Å². The lowest BCUT2D eigenvalue weighted by molar-refractivity contribution is -0.150. The number of allylic oxidation sites excluding steroid dienone is 4. The normalized spacial score (nSPS) is 27.4. The minimum atomic E-state index is -1.03. The summed E-state index contributed by atoms with van der Waals surface area (Å²) in [6.07, 6.45) is 17.3. The van der Waals surface area contributed by atoms with Gasteiger partial charge in [0.25, 0.3) is 0 Å². The van der Waals surface area contributed by atoms with Gasteiger partial charge in [0.1, 0.15) is 0 Å². The van der Waals surface area contributed by atoms with E-state index in [1.165, 1.54) is 32.8 Å². The zero-order valence-electron chi connectivity index (χ0n) is 16.2. The molecule has 1 saturated carbocycles. The highest BCUT2D eigenvalue weighted by Crippen LogP contribution is 2.41. The number of hydrogen-bond acceptors (Lipinski definition) is 5. The smallest absolute Gasteiger partial charge is 0.334 e.